The number of carbonyl (C=O) groups is 2. The van der Waals surface area contributed by atoms with E-state index in [-0.39, 0.29) is 31.0 Å². The van der Waals surface area contributed by atoms with Gasteiger partial charge in [0.1, 0.15) is 11.8 Å². The van der Waals surface area contributed by atoms with Crippen molar-refractivity contribution >= 4 is 35.0 Å². The zero-order valence-electron chi connectivity index (χ0n) is 21.7. The number of benzene rings is 3. The number of halogens is 2. The predicted molar refractivity (Wildman–Crippen MR) is 153 cm³/mol. The molecule has 200 valence electrons. The Balaban J connectivity index is 1.64. The Labute approximate surface area is 235 Å². The third kappa shape index (κ3) is 7.75. The first-order valence-corrected chi connectivity index (χ1v) is 13.9. The summed E-state index contributed by atoms with van der Waals surface area (Å²) < 4.78 is 5.84. The molecule has 0 spiro atoms. The van der Waals surface area contributed by atoms with E-state index in [9.17, 15) is 9.59 Å². The Morgan fingerprint density at radius 1 is 0.921 bits per heavy atom. The van der Waals surface area contributed by atoms with Gasteiger partial charge in [0.2, 0.25) is 5.91 Å². The maximum absolute atomic E-state index is 13.8. The molecule has 1 atom stereocenters. The van der Waals surface area contributed by atoms with E-state index in [0.717, 1.165) is 36.8 Å². The third-order valence-corrected chi connectivity index (χ3v) is 7.70. The molecule has 0 radical (unpaired) electrons. The van der Waals surface area contributed by atoms with Crippen molar-refractivity contribution in [2.45, 2.75) is 64.1 Å². The highest BCUT2D eigenvalue weighted by molar-refractivity contribution is 6.36. The number of hydrogen-bond donors (Lipinski definition) is 1. The number of nitrogens with one attached hydrogen (secondary N) is 1. The summed E-state index contributed by atoms with van der Waals surface area (Å²) in [6.07, 6.45) is 5.63. The molecule has 0 unspecified atom stereocenters. The molecular formula is C31H34Cl2N2O3. The first-order valence-electron chi connectivity index (χ1n) is 13.2. The van der Waals surface area contributed by atoms with Crippen LogP contribution >= 0.6 is 23.2 Å². The second kappa shape index (κ2) is 13.7. The van der Waals surface area contributed by atoms with Crippen molar-refractivity contribution in [2.75, 3.05) is 6.61 Å². The van der Waals surface area contributed by atoms with Crippen LogP contribution in [0, 0.1) is 6.92 Å². The Hall–Kier alpha value is -3.02. The Bertz CT molecular complexity index is 1190. The van der Waals surface area contributed by atoms with Gasteiger partial charge in [-0.25, -0.2) is 0 Å². The molecular weight excluding hydrogens is 519 g/mol. The zero-order valence-corrected chi connectivity index (χ0v) is 23.2. The summed E-state index contributed by atoms with van der Waals surface area (Å²) in [6.45, 7) is 1.86. The summed E-state index contributed by atoms with van der Waals surface area (Å²) >= 11 is 13.0. The topological polar surface area (TPSA) is 58.6 Å². The van der Waals surface area contributed by atoms with Crippen LogP contribution in [0.1, 0.15) is 48.8 Å². The smallest absolute Gasteiger partial charge is 0.261 e. The van der Waals surface area contributed by atoms with Crippen molar-refractivity contribution in [3.05, 3.63) is 99.5 Å². The summed E-state index contributed by atoms with van der Waals surface area (Å²) in [5, 5.41) is 4.12. The Morgan fingerprint density at radius 3 is 2.24 bits per heavy atom. The monoisotopic (exact) mass is 552 g/mol. The molecule has 2 amide bonds. The fraction of sp³-hybridized carbons (Fsp3) is 0.355. The van der Waals surface area contributed by atoms with E-state index in [2.05, 4.69) is 5.32 Å². The van der Waals surface area contributed by atoms with Crippen LogP contribution in [-0.4, -0.2) is 35.4 Å². The van der Waals surface area contributed by atoms with Gasteiger partial charge in [-0.05, 0) is 49.6 Å². The molecule has 5 nitrogen and oxygen atoms in total. The van der Waals surface area contributed by atoms with Crippen LogP contribution in [0.25, 0.3) is 0 Å². The normalized spacial score (nSPS) is 14.5. The highest BCUT2D eigenvalue weighted by Crippen LogP contribution is 2.28. The molecule has 1 fully saturated rings. The van der Waals surface area contributed by atoms with Crippen LogP contribution in [0.5, 0.6) is 5.75 Å². The number of nitrogens with zero attached hydrogens (tertiary/aromatic N) is 1. The molecule has 1 N–H and O–H groups in total. The highest BCUT2D eigenvalue weighted by Gasteiger charge is 2.33. The Kier molecular flexibility index (Phi) is 10.1. The number of rotatable bonds is 10. The maximum atomic E-state index is 13.8. The number of aryl methyl sites for hydroxylation is 1. The van der Waals surface area contributed by atoms with Crippen LogP contribution in [-0.2, 0) is 22.6 Å². The van der Waals surface area contributed by atoms with E-state index < -0.39 is 6.04 Å². The number of carbonyl (C=O) groups excluding carboxylic acids is 2. The molecule has 1 aliphatic rings. The molecule has 0 saturated heterocycles. The summed E-state index contributed by atoms with van der Waals surface area (Å²) in [7, 11) is 0. The number of ether oxygens (including phenoxy) is 1. The average molecular weight is 554 g/mol. The lowest BCUT2D eigenvalue weighted by molar-refractivity contribution is -0.143. The second-order valence-electron chi connectivity index (χ2n) is 9.87. The lowest BCUT2D eigenvalue weighted by Gasteiger charge is -2.33. The third-order valence-electron chi connectivity index (χ3n) is 7.00. The van der Waals surface area contributed by atoms with Crippen molar-refractivity contribution < 1.29 is 14.3 Å². The molecule has 1 saturated carbocycles. The van der Waals surface area contributed by atoms with E-state index in [0.29, 0.717) is 27.8 Å². The standard InChI is InChI=1S/C31H34Cl2N2O3/c1-22-15-17-25(18-16-22)38-21-30(36)35(20-26-27(32)13-8-14-28(26)33)29(19-23-9-4-2-5-10-23)31(37)34-24-11-6-3-7-12-24/h2,4-5,8-10,13-18,24,29H,3,6-7,11-12,19-21H2,1H3,(H,34,37)/t29-/m1/s1. The summed E-state index contributed by atoms with van der Waals surface area (Å²) in [4.78, 5) is 29.2. The van der Waals surface area contributed by atoms with Crippen LogP contribution in [0.3, 0.4) is 0 Å². The number of amides is 2. The van der Waals surface area contributed by atoms with Crippen molar-refractivity contribution in [1.29, 1.82) is 0 Å². The molecule has 4 rings (SSSR count). The van der Waals surface area contributed by atoms with E-state index in [1.54, 1.807) is 23.1 Å². The average Bonchev–Trinajstić information content (AvgIpc) is 2.92. The van der Waals surface area contributed by atoms with E-state index in [1.165, 1.54) is 6.42 Å². The molecule has 3 aromatic rings. The predicted octanol–water partition coefficient (Wildman–Crippen LogP) is 6.77. The van der Waals surface area contributed by atoms with Crippen molar-refractivity contribution in [3.63, 3.8) is 0 Å². The van der Waals surface area contributed by atoms with Gasteiger partial charge in [-0.1, -0.05) is 96.6 Å². The molecule has 3 aromatic carbocycles. The molecule has 7 heteroatoms. The van der Waals surface area contributed by atoms with Crippen LogP contribution < -0.4 is 10.1 Å². The van der Waals surface area contributed by atoms with Crippen molar-refractivity contribution in [2.24, 2.45) is 0 Å². The van der Waals surface area contributed by atoms with Crippen LogP contribution in [0.4, 0.5) is 0 Å². The molecule has 0 aromatic heterocycles. The quantitative estimate of drug-likeness (QED) is 0.302. The SMILES string of the molecule is Cc1ccc(OCC(=O)N(Cc2c(Cl)cccc2Cl)[C@H](Cc2ccccc2)C(=O)NC2CCCCC2)cc1. The minimum Gasteiger partial charge on any atom is -0.484 e. The minimum absolute atomic E-state index is 0.0875. The van der Waals surface area contributed by atoms with Gasteiger partial charge in [0.25, 0.3) is 5.91 Å². The largest absolute Gasteiger partial charge is 0.484 e. The molecule has 0 heterocycles. The molecule has 38 heavy (non-hydrogen) atoms. The lowest BCUT2D eigenvalue weighted by atomic mass is 9.94. The van der Waals surface area contributed by atoms with E-state index >= 15 is 0 Å². The number of hydrogen-bond acceptors (Lipinski definition) is 3. The van der Waals surface area contributed by atoms with Gasteiger partial charge < -0.3 is 15.0 Å². The lowest BCUT2D eigenvalue weighted by Crippen LogP contribution is -2.53. The molecule has 0 aliphatic heterocycles. The van der Waals surface area contributed by atoms with Gasteiger partial charge in [-0.15, -0.1) is 0 Å². The van der Waals surface area contributed by atoms with Crippen LogP contribution in [0.2, 0.25) is 10.0 Å². The minimum atomic E-state index is -0.763. The summed E-state index contributed by atoms with van der Waals surface area (Å²) in [5.41, 5.74) is 2.66. The zero-order chi connectivity index (χ0) is 26.9. The summed E-state index contributed by atoms with van der Waals surface area (Å²) in [5.74, 6) is 0.0971. The first kappa shape index (κ1) is 28.0. The van der Waals surface area contributed by atoms with Gasteiger partial charge in [0.15, 0.2) is 6.61 Å². The van der Waals surface area contributed by atoms with Gasteiger partial charge >= 0.3 is 0 Å². The van der Waals surface area contributed by atoms with Gasteiger partial charge in [-0.3, -0.25) is 9.59 Å². The van der Waals surface area contributed by atoms with Gasteiger partial charge in [0, 0.05) is 34.6 Å². The second-order valence-corrected chi connectivity index (χ2v) is 10.7. The van der Waals surface area contributed by atoms with Crippen molar-refractivity contribution in [3.8, 4) is 5.75 Å². The first-order chi connectivity index (χ1) is 18.4. The van der Waals surface area contributed by atoms with Gasteiger partial charge in [-0.2, -0.15) is 0 Å². The molecule has 0 bridgehead atoms. The Morgan fingerprint density at radius 2 is 1.58 bits per heavy atom. The van der Waals surface area contributed by atoms with E-state index in [4.69, 9.17) is 27.9 Å². The van der Waals surface area contributed by atoms with Crippen molar-refractivity contribution in [1.82, 2.24) is 10.2 Å². The van der Waals surface area contributed by atoms with Crippen LogP contribution in [0.15, 0.2) is 72.8 Å². The molecule has 1 aliphatic carbocycles. The van der Waals surface area contributed by atoms with Gasteiger partial charge in [0.05, 0.1) is 0 Å². The fourth-order valence-electron chi connectivity index (χ4n) is 4.81. The fourth-order valence-corrected chi connectivity index (χ4v) is 5.33. The summed E-state index contributed by atoms with van der Waals surface area (Å²) in [6, 6.07) is 21.8. The van der Waals surface area contributed by atoms with E-state index in [1.807, 2.05) is 61.5 Å². The highest BCUT2D eigenvalue weighted by atomic mass is 35.5. The maximum Gasteiger partial charge on any atom is 0.261 e.